The summed E-state index contributed by atoms with van der Waals surface area (Å²) in [6, 6.07) is 2.84. The fraction of sp³-hybridized carbons (Fsp3) is 0.667. The van der Waals surface area contributed by atoms with Gasteiger partial charge >= 0.3 is 5.97 Å². The van der Waals surface area contributed by atoms with Crippen molar-refractivity contribution in [1.29, 1.82) is 0 Å². The largest absolute Gasteiger partial charge is 0.460 e. The standard InChI is InChI=1S/C21H29BrFN3O3S/c1-19(2,3)29-17(27)12-14-20(4,5)30(28)15(8-7-11-24-30)21(6,26-14)18-13(23)9-10-16(22)25-18/h9-10,15H,7-8,11-12H2,1-6H3/t15-,21-,30+/m0/s1. The van der Waals surface area contributed by atoms with E-state index in [-0.39, 0.29) is 12.1 Å². The van der Waals surface area contributed by atoms with E-state index in [1.807, 2.05) is 13.8 Å². The van der Waals surface area contributed by atoms with Crippen molar-refractivity contribution in [2.75, 3.05) is 6.54 Å². The number of rotatable bonds is 3. The maximum absolute atomic E-state index is 14.9. The third-order valence-electron chi connectivity index (χ3n) is 5.74. The molecule has 1 aromatic rings. The summed E-state index contributed by atoms with van der Waals surface area (Å²) in [6.07, 6.45) is 1.22. The van der Waals surface area contributed by atoms with Crippen molar-refractivity contribution in [3.63, 3.8) is 0 Å². The van der Waals surface area contributed by atoms with Gasteiger partial charge in [0.15, 0.2) is 0 Å². The molecule has 0 unspecified atom stereocenters. The fourth-order valence-corrected chi connectivity index (χ4v) is 7.89. The van der Waals surface area contributed by atoms with Gasteiger partial charge in [-0.2, -0.15) is 0 Å². The Hall–Kier alpha value is -1.35. The van der Waals surface area contributed by atoms with Crippen LogP contribution < -0.4 is 0 Å². The molecule has 3 heterocycles. The molecule has 3 atom stereocenters. The number of carbonyl (C=O) groups excluding carboxylic acids is 1. The van der Waals surface area contributed by atoms with Crippen molar-refractivity contribution < 1.29 is 18.1 Å². The highest BCUT2D eigenvalue weighted by Crippen LogP contribution is 2.48. The highest BCUT2D eigenvalue weighted by molar-refractivity contribution is 9.10. The predicted octanol–water partition coefficient (Wildman–Crippen LogP) is 4.79. The van der Waals surface area contributed by atoms with E-state index in [4.69, 9.17) is 9.73 Å². The molecule has 2 aliphatic rings. The van der Waals surface area contributed by atoms with Gasteiger partial charge in [-0.3, -0.25) is 9.79 Å². The molecule has 0 radical (unpaired) electrons. The SMILES string of the molecule is CC(C)(C)OC(=O)CC1=N[C@](C)(c2nc(Br)ccc2F)[C@@H]2CCCN=[S@]2(=O)C1(C)C. The Labute approximate surface area is 186 Å². The second-order valence-electron chi connectivity index (χ2n) is 9.50. The molecule has 9 heteroatoms. The number of aliphatic imine (C=N–C) groups is 1. The van der Waals surface area contributed by atoms with Crippen LogP contribution in [0, 0.1) is 5.82 Å². The Morgan fingerprint density at radius 2 is 2.00 bits per heavy atom. The summed E-state index contributed by atoms with van der Waals surface area (Å²) in [5.41, 5.74) is -1.34. The predicted molar refractivity (Wildman–Crippen MR) is 120 cm³/mol. The first-order valence-corrected chi connectivity index (χ1v) is 12.4. The number of hydrogen-bond donors (Lipinski definition) is 0. The zero-order valence-electron chi connectivity index (χ0n) is 18.3. The van der Waals surface area contributed by atoms with E-state index in [1.165, 1.54) is 12.1 Å². The lowest BCUT2D eigenvalue weighted by atomic mass is 9.88. The molecule has 0 N–H and O–H groups in total. The van der Waals surface area contributed by atoms with Gasteiger partial charge in [-0.25, -0.2) is 17.9 Å². The van der Waals surface area contributed by atoms with Crippen molar-refractivity contribution in [3.8, 4) is 0 Å². The van der Waals surface area contributed by atoms with Gasteiger partial charge in [0.05, 0.1) is 26.1 Å². The van der Waals surface area contributed by atoms with Crippen molar-refractivity contribution in [2.45, 2.75) is 81.9 Å². The van der Waals surface area contributed by atoms with Crippen molar-refractivity contribution in [2.24, 2.45) is 9.36 Å². The van der Waals surface area contributed by atoms with Gasteiger partial charge in [-0.1, -0.05) is 0 Å². The van der Waals surface area contributed by atoms with Gasteiger partial charge in [-0.15, -0.1) is 0 Å². The number of ether oxygens (including phenoxy) is 1. The summed E-state index contributed by atoms with van der Waals surface area (Å²) in [5.74, 6) is -0.982. The molecular formula is C21H29BrFN3O3S. The lowest BCUT2D eigenvalue weighted by Gasteiger charge is -2.48. The molecule has 0 bridgehead atoms. The van der Waals surface area contributed by atoms with Gasteiger partial charge in [-0.05, 0) is 82.4 Å². The average Bonchev–Trinajstić information content (AvgIpc) is 2.60. The van der Waals surface area contributed by atoms with Crippen LogP contribution in [-0.2, 0) is 24.8 Å². The molecule has 0 amide bonds. The fourth-order valence-electron chi connectivity index (χ4n) is 4.24. The van der Waals surface area contributed by atoms with E-state index in [9.17, 15) is 13.4 Å². The molecule has 166 valence electrons. The summed E-state index contributed by atoms with van der Waals surface area (Å²) < 4.78 is 38.8. The van der Waals surface area contributed by atoms with Crippen LogP contribution in [0.25, 0.3) is 0 Å². The van der Waals surface area contributed by atoms with Gasteiger partial charge in [0.2, 0.25) is 0 Å². The number of aromatic nitrogens is 1. The summed E-state index contributed by atoms with van der Waals surface area (Å²) in [4.78, 5) is 21.9. The zero-order chi connectivity index (χ0) is 22.5. The van der Waals surface area contributed by atoms with E-state index in [1.54, 1.807) is 27.7 Å². The minimum Gasteiger partial charge on any atom is -0.460 e. The molecule has 2 aliphatic heterocycles. The second kappa shape index (κ2) is 7.65. The second-order valence-corrected chi connectivity index (χ2v) is 13.3. The molecule has 3 rings (SSSR count). The Bertz CT molecular complexity index is 1020. The van der Waals surface area contributed by atoms with Gasteiger partial charge < -0.3 is 4.74 Å². The topological polar surface area (TPSA) is 81.0 Å². The van der Waals surface area contributed by atoms with E-state index < -0.39 is 42.7 Å². The Morgan fingerprint density at radius 3 is 2.63 bits per heavy atom. The Balaban J connectivity index is 2.22. The highest BCUT2D eigenvalue weighted by atomic mass is 79.9. The molecule has 30 heavy (non-hydrogen) atoms. The molecule has 0 saturated heterocycles. The van der Waals surface area contributed by atoms with E-state index in [0.29, 0.717) is 23.3 Å². The number of nitrogens with zero attached hydrogens (tertiary/aromatic N) is 3. The van der Waals surface area contributed by atoms with Crippen LogP contribution in [0.1, 0.15) is 66.5 Å². The number of carbonyl (C=O) groups is 1. The monoisotopic (exact) mass is 501 g/mol. The number of esters is 1. The molecule has 0 fully saturated rings. The summed E-state index contributed by atoms with van der Waals surface area (Å²) in [6.45, 7) is 11.2. The highest BCUT2D eigenvalue weighted by Gasteiger charge is 2.57. The molecule has 1 aromatic heterocycles. The molecule has 0 saturated carbocycles. The van der Waals surface area contributed by atoms with Crippen LogP contribution in [0.4, 0.5) is 4.39 Å². The zero-order valence-corrected chi connectivity index (χ0v) is 20.7. The van der Waals surface area contributed by atoms with Crippen LogP contribution in [0.5, 0.6) is 0 Å². The number of pyridine rings is 1. The third-order valence-corrected chi connectivity index (χ3v) is 9.91. The maximum atomic E-state index is 14.9. The van der Waals surface area contributed by atoms with Crippen molar-refractivity contribution in [3.05, 3.63) is 28.2 Å². The smallest absolute Gasteiger partial charge is 0.312 e. The molecule has 0 aliphatic carbocycles. The molecule has 0 spiro atoms. The van der Waals surface area contributed by atoms with Crippen LogP contribution in [0.2, 0.25) is 0 Å². The molecule has 6 nitrogen and oxygen atoms in total. The molecular weight excluding hydrogens is 473 g/mol. The number of hydrogen-bond acceptors (Lipinski definition) is 6. The van der Waals surface area contributed by atoms with Crippen LogP contribution in [0.3, 0.4) is 0 Å². The number of fused-ring (bicyclic) bond motifs is 1. The lowest BCUT2D eigenvalue weighted by Crippen LogP contribution is -2.59. The van der Waals surface area contributed by atoms with E-state index in [0.717, 1.165) is 6.42 Å². The summed E-state index contributed by atoms with van der Waals surface area (Å²) in [7, 11) is -2.87. The van der Waals surface area contributed by atoms with E-state index >= 15 is 0 Å². The van der Waals surface area contributed by atoms with Gasteiger partial charge in [0.25, 0.3) is 0 Å². The first kappa shape index (κ1) is 23.3. The number of halogens is 2. The quantitative estimate of drug-likeness (QED) is 0.440. The maximum Gasteiger partial charge on any atom is 0.312 e. The van der Waals surface area contributed by atoms with Gasteiger partial charge in [0, 0.05) is 12.3 Å². The summed E-state index contributed by atoms with van der Waals surface area (Å²) in [5, 5.41) is -0.507. The lowest BCUT2D eigenvalue weighted by molar-refractivity contribution is -0.153. The average molecular weight is 502 g/mol. The van der Waals surface area contributed by atoms with Gasteiger partial charge in [0.1, 0.15) is 27.3 Å². The van der Waals surface area contributed by atoms with E-state index in [2.05, 4.69) is 25.3 Å². The Morgan fingerprint density at radius 1 is 1.33 bits per heavy atom. The Kier molecular flexibility index (Phi) is 5.95. The third kappa shape index (κ3) is 3.95. The summed E-state index contributed by atoms with van der Waals surface area (Å²) >= 11 is 3.30. The van der Waals surface area contributed by atoms with Crippen LogP contribution in [0.15, 0.2) is 26.1 Å². The van der Waals surface area contributed by atoms with Crippen LogP contribution >= 0.6 is 15.9 Å². The minimum absolute atomic E-state index is 0.115. The van der Waals surface area contributed by atoms with Crippen LogP contribution in [-0.4, -0.2) is 43.0 Å². The molecule has 0 aromatic carbocycles. The first-order chi connectivity index (χ1) is 13.7. The minimum atomic E-state index is -2.87. The normalized spacial score (nSPS) is 30.7. The van der Waals surface area contributed by atoms with Crippen molar-refractivity contribution >= 4 is 37.3 Å². The first-order valence-electron chi connectivity index (χ1n) is 10.1. The van der Waals surface area contributed by atoms with Crippen molar-refractivity contribution in [1.82, 2.24) is 4.98 Å².